The number of nitrogens with two attached hydrogens (primary N) is 1. The second kappa shape index (κ2) is 10.0. The van der Waals surface area contributed by atoms with Crippen LogP contribution in [0.25, 0.3) is 11.4 Å². The Morgan fingerprint density at radius 2 is 2.04 bits per heavy atom. The molecular weight excluding hydrogens is 383 g/mol. The highest BCUT2D eigenvalue weighted by atomic mass is 35.5. The fourth-order valence-corrected chi connectivity index (χ4v) is 3.27. The van der Waals surface area contributed by atoms with E-state index in [9.17, 15) is 4.79 Å². The zero-order chi connectivity index (χ0) is 16.1. The van der Waals surface area contributed by atoms with Crippen molar-refractivity contribution < 1.29 is 9.53 Å². The zero-order valence-corrected chi connectivity index (χ0v) is 16.1. The molecule has 3 rings (SSSR count). The van der Waals surface area contributed by atoms with E-state index in [1.807, 2.05) is 23.6 Å². The molecule has 0 aromatic carbocycles. The summed E-state index contributed by atoms with van der Waals surface area (Å²) < 4.78 is 5.26. The van der Waals surface area contributed by atoms with Crippen LogP contribution in [-0.2, 0) is 16.0 Å². The number of nitrogens with one attached hydrogen (secondary N) is 1. The largest absolute Gasteiger partial charge is 0.381 e. The first-order valence-electron chi connectivity index (χ1n) is 7.68. The lowest BCUT2D eigenvalue weighted by Gasteiger charge is -2.31. The molecule has 2 aromatic rings. The van der Waals surface area contributed by atoms with Crippen molar-refractivity contribution in [3.63, 3.8) is 0 Å². The third-order valence-electron chi connectivity index (χ3n) is 3.94. The number of pyridine rings is 1. The minimum Gasteiger partial charge on any atom is -0.381 e. The number of thiazole rings is 1. The SMILES string of the molecule is Cl.Cl.NC1(C(=O)NCCc2nc(-c3ccccn3)cs2)CCOCC1. The molecule has 0 bridgehead atoms. The van der Waals surface area contributed by atoms with Crippen molar-refractivity contribution in [3.8, 4) is 11.4 Å². The first-order chi connectivity index (χ1) is 11.2. The highest BCUT2D eigenvalue weighted by Crippen LogP contribution is 2.20. The Kier molecular flexibility index (Phi) is 8.75. The molecule has 1 saturated heterocycles. The summed E-state index contributed by atoms with van der Waals surface area (Å²) in [6.45, 7) is 1.63. The van der Waals surface area contributed by atoms with Gasteiger partial charge in [0.25, 0.3) is 0 Å². The highest BCUT2D eigenvalue weighted by molar-refractivity contribution is 7.09. The molecule has 6 nitrogen and oxygen atoms in total. The number of rotatable bonds is 5. The number of ether oxygens (including phenoxy) is 1. The lowest BCUT2D eigenvalue weighted by atomic mass is 9.90. The van der Waals surface area contributed by atoms with Gasteiger partial charge in [-0.1, -0.05) is 6.07 Å². The van der Waals surface area contributed by atoms with Gasteiger partial charge in [-0.15, -0.1) is 36.2 Å². The number of amides is 1. The number of aromatic nitrogens is 2. The van der Waals surface area contributed by atoms with Crippen LogP contribution in [0.3, 0.4) is 0 Å². The van der Waals surface area contributed by atoms with Crippen molar-refractivity contribution in [1.82, 2.24) is 15.3 Å². The Labute approximate surface area is 163 Å². The van der Waals surface area contributed by atoms with E-state index >= 15 is 0 Å². The van der Waals surface area contributed by atoms with Crippen molar-refractivity contribution in [3.05, 3.63) is 34.8 Å². The normalized spacial score (nSPS) is 15.6. The maximum Gasteiger partial charge on any atom is 0.240 e. The predicted octanol–water partition coefficient (Wildman–Crippen LogP) is 2.22. The minimum atomic E-state index is -0.791. The molecule has 1 aliphatic heterocycles. The van der Waals surface area contributed by atoms with E-state index in [1.54, 1.807) is 17.5 Å². The van der Waals surface area contributed by atoms with Crippen LogP contribution in [0.1, 0.15) is 17.8 Å². The van der Waals surface area contributed by atoms with E-state index in [0.717, 1.165) is 16.4 Å². The van der Waals surface area contributed by atoms with E-state index in [1.165, 1.54) is 0 Å². The fourth-order valence-electron chi connectivity index (χ4n) is 2.48. The Balaban J connectivity index is 0.00000156. The first-order valence-corrected chi connectivity index (χ1v) is 8.56. The number of hydrogen-bond donors (Lipinski definition) is 2. The molecule has 0 radical (unpaired) electrons. The molecule has 3 heterocycles. The van der Waals surface area contributed by atoms with Crippen molar-refractivity contribution in [2.24, 2.45) is 5.73 Å². The van der Waals surface area contributed by atoms with Crippen LogP contribution in [0.2, 0.25) is 0 Å². The van der Waals surface area contributed by atoms with Crippen molar-refractivity contribution in [2.45, 2.75) is 24.8 Å². The molecule has 0 atom stereocenters. The maximum atomic E-state index is 12.2. The summed E-state index contributed by atoms with van der Waals surface area (Å²) in [5.41, 5.74) is 7.09. The van der Waals surface area contributed by atoms with Gasteiger partial charge >= 0.3 is 0 Å². The van der Waals surface area contributed by atoms with Gasteiger partial charge in [-0.05, 0) is 25.0 Å². The molecule has 0 aliphatic carbocycles. The van der Waals surface area contributed by atoms with Gasteiger partial charge in [0.05, 0.1) is 21.9 Å². The van der Waals surface area contributed by atoms with Crippen LogP contribution in [0.4, 0.5) is 0 Å². The van der Waals surface area contributed by atoms with Gasteiger partial charge in [0.1, 0.15) is 0 Å². The topological polar surface area (TPSA) is 90.1 Å². The Morgan fingerprint density at radius 3 is 2.72 bits per heavy atom. The van der Waals surface area contributed by atoms with E-state index in [0.29, 0.717) is 39.0 Å². The lowest BCUT2D eigenvalue weighted by molar-refractivity contribution is -0.129. The molecule has 1 amide bonds. The van der Waals surface area contributed by atoms with Gasteiger partial charge in [-0.25, -0.2) is 4.98 Å². The summed E-state index contributed by atoms with van der Waals surface area (Å²) in [6.07, 6.45) is 3.58. The average molecular weight is 405 g/mol. The summed E-state index contributed by atoms with van der Waals surface area (Å²) in [5, 5.41) is 5.89. The number of carbonyl (C=O) groups excluding carboxylic acids is 1. The van der Waals surface area contributed by atoms with Gasteiger partial charge in [0.15, 0.2) is 0 Å². The van der Waals surface area contributed by atoms with Crippen LogP contribution in [0, 0.1) is 0 Å². The molecule has 138 valence electrons. The number of nitrogens with zero attached hydrogens (tertiary/aromatic N) is 2. The molecule has 1 aliphatic rings. The van der Waals surface area contributed by atoms with Crippen molar-refractivity contribution in [2.75, 3.05) is 19.8 Å². The Hall–Kier alpha value is -1.25. The van der Waals surface area contributed by atoms with Gasteiger partial charge in [0.2, 0.25) is 5.91 Å². The van der Waals surface area contributed by atoms with Crippen LogP contribution in [-0.4, -0.2) is 41.2 Å². The van der Waals surface area contributed by atoms with E-state index in [-0.39, 0.29) is 30.7 Å². The standard InChI is InChI=1S/C16H20N4O2S.2ClH/c17-16(5-9-22-10-6-16)15(21)19-8-4-14-20-13(11-23-14)12-3-1-2-7-18-12;;/h1-3,7,11H,4-6,8-10,17H2,(H,19,21);2*1H. The van der Waals surface area contributed by atoms with Crippen LogP contribution in [0.5, 0.6) is 0 Å². The van der Waals surface area contributed by atoms with E-state index < -0.39 is 5.54 Å². The molecule has 0 spiro atoms. The van der Waals surface area contributed by atoms with Crippen LogP contribution < -0.4 is 11.1 Å². The quantitative estimate of drug-likeness (QED) is 0.796. The third kappa shape index (κ3) is 5.62. The minimum absolute atomic E-state index is 0. The van der Waals surface area contributed by atoms with Gasteiger partial charge in [0, 0.05) is 37.8 Å². The summed E-state index contributed by atoms with van der Waals surface area (Å²) >= 11 is 1.58. The van der Waals surface area contributed by atoms with Crippen molar-refractivity contribution >= 4 is 42.1 Å². The van der Waals surface area contributed by atoms with Crippen molar-refractivity contribution in [1.29, 1.82) is 0 Å². The molecule has 0 saturated carbocycles. The van der Waals surface area contributed by atoms with E-state index in [2.05, 4.69) is 15.3 Å². The molecule has 9 heteroatoms. The highest BCUT2D eigenvalue weighted by Gasteiger charge is 2.35. The second-order valence-electron chi connectivity index (χ2n) is 5.62. The molecular formula is C16H22Cl2N4O2S. The average Bonchev–Trinajstić information content (AvgIpc) is 3.05. The monoisotopic (exact) mass is 404 g/mol. The molecule has 2 aromatic heterocycles. The van der Waals surface area contributed by atoms with Gasteiger partial charge in [-0.2, -0.15) is 0 Å². The van der Waals surface area contributed by atoms with Gasteiger partial charge in [-0.3, -0.25) is 9.78 Å². The summed E-state index contributed by atoms with van der Waals surface area (Å²) in [4.78, 5) is 21.1. The van der Waals surface area contributed by atoms with E-state index in [4.69, 9.17) is 10.5 Å². The first kappa shape index (κ1) is 21.8. The third-order valence-corrected chi connectivity index (χ3v) is 4.85. The predicted molar refractivity (Wildman–Crippen MR) is 104 cm³/mol. The summed E-state index contributed by atoms with van der Waals surface area (Å²) in [6, 6.07) is 5.76. The summed E-state index contributed by atoms with van der Waals surface area (Å²) in [5.74, 6) is -0.0951. The van der Waals surface area contributed by atoms with Crippen LogP contribution in [0.15, 0.2) is 29.8 Å². The number of halogens is 2. The molecule has 3 N–H and O–H groups in total. The summed E-state index contributed by atoms with van der Waals surface area (Å²) in [7, 11) is 0. The number of carbonyl (C=O) groups is 1. The fraction of sp³-hybridized carbons (Fsp3) is 0.438. The van der Waals surface area contributed by atoms with Crippen LogP contribution >= 0.6 is 36.2 Å². The Morgan fingerprint density at radius 1 is 1.28 bits per heavy atom. The zero-order valence-electron chi connectivity index (χ0n) is 13.6. The molecule has 1 fully saturated rings. The Bertz CT molecular complexity index is 663. The molecule has 25 heavy (non-hydrogen) atoms. The molecule has 0 unspecified atom stereocenters. The maximum absolute atomic E-state index is 12.2. The lowest BCUT2D eigenvalue weighted by Crippen LogP contribution is -2.57. The van der Waals surface area contributed by atoms with Gasteiger partial charge < -0.3 is 15.8 Å². The smallest absolute Gasteiger partial charge is 0.240 e. The number of hydrogen-bond acceptors (Lipinski definition) is 6. The second-order valence-corrected chi connectivity index (χ2v) is 6.56.